The van der Waals surface area contributed by atoms with Crippen molar-refractivity contribution in [3.8, 4) is 0 Å². The molecule has 11 heteroatoms. The molecule has 1 aliphatic rings. The summed E-state index contributed by atoms with van der Waals surface area (Å²) in [6.07, 6.45) is -3.41. The molecule has 28 heavy (non-hydrogen) atoms. The number of benzene rings is 1. The number of H-pyrrole nitrogens is 1. The molecule has 1 aromatic carbocycles. The Bertz CT molecular complexity index is 1150. The van der Waals surface area contributed by atoms with Crippen LogP contribution in [0.25, 0.3) is 16.7 Å². The number of halogens is 3. The van der Waals surface area contributed by atoms with E-state index in [4.69, 9.17) is 4.74 Å². The fraction of sp³-hybridized carbons (Fsp3) is 0.353. The average molecular weight is 393 g/mol. The van der Waals surface area contributed by atoms with Crippen LogP contribution in [0.1, 0.15) is 11.4 Å². The van der Waals surface area contributed by atoms with Crippen molar-refractivity contribution in [2.45, 2.75) is 12.6 Å². The number of ether oxygens (including phenoxy) is 1. The molecule has 1 fully saturated rings. The molecule has 0 atom stereocenters. The number of morpholine rings is 1. The summed E-state index contributed by atoms with van der Waals surface area (Å²) < 4.78 is 47.7. The van der Waals surface area contributed by atoms with Gasteiger partial charge in [0.05, 0.1) is 35.5 Å². The first-order chi connectivity index (χ1) is 13.4. The number of hydrogen-bond acceptors (Lipinski definition) is 6. The number of fused-ring (bicyclic) bond motifs is 3. The Morgan fingerprint density at radius 1 is 1.25 bits per heavy atom. The fourth-order valence-electron chi connectivity index (χ4n) is 3.32. The van der Waals surface area contributed by atoms with Crippen molar-refractivity contribution >= 4 is 28.3 Å². The SMILES string of the molecule is O=C=CCc1nnc2c(=O)[nH]c3cc(C(F)(F)F)c(N4CCOCC4)cc3n12. The predicted octanol–water partition coefficient (Wildman–Crippen LogP) is 1.36. The maximum Gasteiger partial charge on any atom is 0.418 e. The van der Waals surface area contributed by atoms with Crippen molar-refractivity contribution in [1.29, 1.82) is 0 Å². The van der Waals surface area contributed by atoms with Crippen molar-refractivity contribution in [2.24, 2.45) is 0 Å². The van der Waals surface area contributed by atoms with Crippen LogP contribution in [0.5, 0.6) is 0 Å². The number of aromatic nitrogens is 4. The normalized spacial score (nSPS) is 15.2. The maximum atomic E-state index is 13.7. The highest BCUT2D eigenvalue weighted by Gasteiger charge is 2.36. The largest absolute Gasteiger partial charge is 0.418 e. The second-order valence-electron chi connectivity index (χ2n) is 6.24. The minimum Gasteiger partial charge on any atom is -0.378 e. The third-order valence-corrected chi connectivity index (χ3v) is 4.56. The molecule has 1 N–H and O–H groups in total. The smallest absolute Gasteiger partial charge is 0.378 e. The van der Waals surface area contributed by atoms with Gasteiger partial charge in [0, 0.05) is 25.6 Å². The molecule has 1 saturated heterocycles. The molecule has 0 radical (unpaired) electrons. The van der Waals surface area contributed by atoms with Crippen molar-refractivity contribution in [3.05, 3.63) is 40.0 Å². The number of alkyl halides is 3. The van der Waals surface area contributed by atoms with Gasteiger partial charge in [0.1, 0.15) is 11.8 Å². The van der Waals surface area contributed by atoms with Gasteiger partial charge in [0.2, 0.25) is 5.65 Å². The lowest BCUT2D eigenvalue weighted by molar-refractivity contribution is -0.137. The molecule has 0 amide bonds. The van der Waals surface area contributed by atoms with E-state index in [1.54, 1.807) is 10.8 Å². The van der Waals surface area contributed by atoms with Crippen LogP contribution in [-0.2, 0) is 22.1 Å². The Balaban J connectivity index is 2.05. The van der Waals surface area contributed by atoms with Crippen LogP contribution < -0.4 is 10.5 Å². The minimum atomic E-state index is -4.61. The van der Waals surface area contributed by atoms with Gasteiger partial charge in [-0.05, 0) is 12.1 Å². The number of allylic oxidation sites excluding steroid dienone is 1. The lowest BCUT2D eigenvalue weighted by Crippen LogP contribution is -2.37. The second kappa shape index (κ2) is 6.77. The molecule has 1 aliphatic heterocycles. The zero-order chi connectivity index (χ0) is 19.9. The number of nitrogens with one attached hydrogen (secondary N) is 1. The van der Waals surface area contributed by atoms with Crippen LogP contribution in [0.2, 0.25) is 0 Å². The summed E-state index contributed by atoms with van der Waals surface area (Å²) in [5, 5.41) is 7.68. The first-order valence-electron chi connectivity index (χ1n) is 8.43. The first-order valence-corrected chi connectivity index (χ1v) is 8.43. The zero-order valence-corrected chi connectivity index (χ0v) is 14.4. The zero-order valence-electron chi connectivity index (χ0n) is 14.4. The number of nitrogens with zero attached hydrogens (tertiary/aromatic N) is 4. The highest BCUT2D eigenvalue weighted by atomic mass is 19.4. The van der Waals surface area contributed by atoms with E-state index in [1.807, 2.05) is 0 Å². The van der Waals surface area contributed by atoms with Gasteiger partial charge in [-0.3, -0.25) is 9.20 Å². The summed E-state index contributed by atoms with van der Waals surface area (Å²) in [5.74, 6) is 1.86. The molecule has 0 bridgehead atoms. The highest BCUT2D eigenvalue weighted by Crippen LogP contribution is 2.39. The standard InChI is InChI=1S/C17H14F3N5O3/c18-17(19,20)10-8-11-13(9-12(10)24-3-6-28-7-4-24)25-14(2-1-5-26)22-23-15(25)16(27)21-11/h1,8-9H,2-4,6-7H2,(H,21,27). The van der Waals surface area contributed by atoms with Gasteiger partial charge in [-0.2, -0.15) is 13.2 Å². The van der Waals surface area contributed by atoms with Crippen molar-refractivity contribution in [3.63, 3.8) is 0 Å². The summed E-state index contributed by atoms with van der Waals surface area (Å²) >= 11 is 0. The van der Waals surface area contributed by atoms with Crippen LogP contribution in [-0.4, -0.2) is 51.8 Å². The third-order valence-electron chi connectivity index (χ3n) is 4.56. The quantitative estimate of drug-likeness (QED) is 0.676. The molecule has 8 nitrogen and oxygen atoms in total. The van der Waals surface area contributed by atoms with E-state index >= 15 is 0 Å². The van der Waals surface area contributed by atoms with Gasteiger partial charge in [0.25, 0.3) is 5.56 Å². The van der Waals surface area contributed by atoms with E-state index in [-0.39, 0.29) is 29.1 Å². The van der Waals surface area contributed by atoms with E-state index < -0.39 is 17.3 Å². The summed E-state index contributed by atoms with van der Waals surface area (Å²) in [7, 11) is 0. The van der Waals surface area contributed by atoms with Gasteiger partial charge in [-0.15, -0.1) is 10.2 Å². The van der Waals surface area contributed by atoms with E-state index in [2.05, 4.69) is 15.2 Å². The topological polar surface area (TPSA) is 92.6 Å². The van der Waals surface area contributed by atoms with Crippen molar-refractivity contribution < 1.29 is 22.7 Å². The van der Waals surface area contributed by atoms with E-state index in [0.29, 0.717) is 31.8 Å². The monoisotopic (exact) mass is 393 g/mol. The van der Waals surface area contributed by atoms with E-state index in [1.165, 1.54) is 10.5 Å². The summed E-state index contributed by atoms with van der Waals surface area (Å²) in [5.41, 5.74) is -1.29. The van der Waals surface area contributed by atoms with Crippen molar-refractivity contribution in [1.82, 2.24) is 19.6 Å². The molecule has 0 unspecified atom stereocenters. The van der Waals surface area contributed by atoms with Crippen LogP contribution in [0.3, 0.4) is 0 Å². The molecule has 146 valence electrons. The second-order valence-corrected chi connectivity index (χ2v) is 6.24. The molecule has 3 aromatic rings. The molecule has 0 spiro atoms. The number of rotatable bonds is 3. The number of anilines is 1. The molecule has 4 rings (SSSR count). The first kappa shape index (κ1) is 18.2. The van der Waals surface area contributed by atoms with Gasteiger partial charge in [0.15, 0.2) is 0 Å². The minimum absolute atomic E-state index is 0.00188. The Hall–Kier alpha value is -3.17. The number of hydrogen-bond donors (Lipinski definition) is 1. The Labute approximate surface area is 155 Å². The molecular weight excluding hydrogens is 379 g/mol. The summed E-state index contributed by atoms with van der Waals surface area (Å²) in [6.45, 7) is 1.25. The average Bonchev–Trinajstić information content (AvgIpc) is 3.10. The summed E-state index contributed by atoms with van der Waals surface area (Å²) in [4.78, 5) is 26.8. The fourth-order valence-corrected chi connectivity index (χ4v) is 3.32. The Morgan fingerprint density at radius 3 is 2.68 bits per heavy atom. The van der Waals surface area contributed by atoms with E-state index in [9.17, 15) is 22.8 Å². The lowest BCUT2D eigenvalue weighted by atomic mass is 10.1. The highest BCUT2D eigenvalue weighted by molar-refractivity contribution is 5.84. The number of aromatic amines is 1. The van der Waals surface area contributed by atoms with Gasteiger partial charge < -0.3 is 14.6 Å². The van der Waals surface area contributed by atoms with Crippen LogP contribution in [0.4, 0.5) is 18.9 Å². The van der Waals surface area contributed by atoms with Crippen LogP contribution >= 0.6 is 0 Å². The molecular formula is C17H14F3N5O3. The number of carbonyl (C=O) groups excluding carboxylic acids is 1. The predicted molar refractivity (Wildman–Crippen MR) is 93.1 cm³/mol. The molecule has 3 heterocycles. The maximum absolute atomic E-state index is 13.7. The molecule has 2 aromatic heterocycles. The van der Waals surface area contributed by atoms with Gasteiger partial charge >= 0.3 is 6.18 Å². The van der Waals surface area contributed by atoms with Gasteiger partial charge in [-0.25, -0.2) is 4.79 Å². The molecule has 0 saturated carbocycles. The Morgan fingerprint density at radius 2 is 2.00 bits per heavy atom. The van der Waals surface area contributed by atoms with Gasteiger partial charge in [-0.1, -0.05) is 0 Å². The van der Waals surface area contributed by atoms with Crippen LogP contribution in [0.15, 0.2) is 23.0 Å². The van der Waals surface area contributed by atoms with Crippen molar-refractivity contribution in [2.75, 3.05) is 31.2 Å². The Kier molecular flexibility index (Phi) is 4.40. The summed E-state index contributed by atoms with van der Waals surface area (Å²) in [6, 6.07) is 2.28. The van der Waals surface area contributed by atoms with E-state index in [0.717, 1.165) is 12.1 Å². The third kappa shape index (κ3) is 3.04. The lowest BCUT2D eigenvalue weighted by Gasteiger charge is -2.31. The molecule has 0 aliphatic carbocycles. The van der Waals surface area contributed by atoms with Crippen LogP contribution in [0, 0.1) is 0 Å².